The van der Waals surface area contributed by atoms with Crippen molar-refractivity contribution in [2.45, 2.75) is 44.4 Å². The lowest BCUT2D eigenvalue weighted by atomic mass is 9.91. The van der Waals surface area contributed by atoms with Crippen LogP contribution >= 0.6 is 0 Å². The van der Waals surface area contributed by atoms with Crippen LogP contribution in [0.5, 0.6) is 0 Å². The molecule has 0 radical (unpaired) electrons. The Balaban J connectivity index is 2.12. The molecule has 102 valence electrons. The van der Waals surface area contributed by atoms with Gasteiger partial charge in [0, 0.05) is 12.6 Å². The number of likely N-dealkylation sites (N-methyl/N-ethyl adjacent to an activating group) is 1. The van der Waals surface area contributed by atoms with Gasteiger partial charge in [-0.3, -0.25) is 4.90 Å². The highest BCUT2D eigenvalue weighted by atomic mass is 19.1. The SMILES string of the molecule is CN(Cc1cc(F)ccc1C#N)C1CCCCC1O. The fourth-order valence-electron chi connectivity index (χ4n) is 2.79. The van der Waals surface area contributed by atoms with E-state index >= 15 is 0 Å². The monoisotopic (exact) mass is 262 g/mol. The van der Waals surface area contributed by atoms with E-state index in [1.165, 1.54) is 18.2 Å². The number of rotatable bonds is 3. The summed E-state index contributed by atoms with van der Waals surface area (Å²) in [6.07, 6.45) is 3.63. The van der Waals surface area contributed by atoms with Crippen LogP contribution in [-0.2, 0) is 6.54 Å². The maximum atomic E-state index is 13.3. The van der Waals surface area contributed by atoms with Crippen molar-refractivity contribution in [3.05, 3.63) is 35.1 Å². The summed E-state index contributed by atoms with van der Waals surface area (Å²) >= 11 is 0. The lowest BCUT2D eigenvalue weighted by Crippen LogP contribution is -2.43. The third kappa shape index (κ3) is 3.31. The highest BCUT2D eigenvalue weighted by Crippen LogP contribution is 2.24. The predicted molar refractivity (Wildman–Crippen MR) is 70.8 cm³/mol. The number of halogens is 1. The molecule has 0 aliphatic heterocycles. The molecule has 1 aromatic rings. The van der Waals surface area contributed by atoms with Gasteiger partial charge in [-0.2, -0.15) is 5.26 Å². The third-order valence-electron chi connectivity index (χ3n) is 3.87. The molecule has 2 unspecified atom stereocenters. The maximum absolute atomic E-state index is 13.3. The minimum absolute atomic E-state index is 0.101. The van der Waals surface area contributed by atoms with Gasteiger partial charge < -0.3 is 5.11 Å². The molecule has 4 heteroatoms. The van der Waals surface area contributed by atoms with E-state index in [0.717, 1.165) is 25.7 Å². The first-order valence-electron chi connectivity index (χ1n) is 6.68. The van der Waals surface area contributed by atoms with Crippen LogP contribution in [0.4, 0.5) is 4.39 Å². The van der Waals surface area contributed by atoms with Crippen molar-refractivity contribution >= 4 is 0 Å². The standard InChI is InChI=1S/C15H19FN2O/c1-18(14-4-2-3-5-15(14)19)10-12-8-13(16)7-6-11(12)9-17/h6-8,14-15,19H,2-5,10H2,1H3. The van der Waals surface area contributed by atoms with Crippen LogP contribution in [0.2, 0.25) is 0 Å². The lowest BCUT2D eigenvalue weighted by molar-refractivity contribution is 0.0288. The van der Waals surface area contributed by atoms with E-state index in [9.17, 15) is 9.50 Å². The summed E-state index contributed by atoms with van der Waals surface area (Å²) in [5.41, 5.74) is 1.18. The summed E-state index contributed by atoms with van der Waals surface area (Å²) in [6.45, 7) is 0.488. The molecule has 3 nitrogen and oxygen atoms in total. The number of hydrogen-bond acceptors (Lipinski definition) is 3. The summed E-state index contributed by atoms with van der Waals surface area (Å²) in [5, 5.41) is 19.1. The zero-order chi connectivity index (χ0) is 13.8. The van der Waals surface area contributed by atoms with Crippen molar-refractivity contribution in [3.63, 3.8) is 0 Å². The highest BCUT2D eigenvalue weighted by Gasteiger charge is 2.26. The average molecular weight is 262 g/mol. The summed E-state index contributed by atoms with van der Waals surface area (Å²) < 4.78 is 13.3. The Morgan fingerprint density at radius 2 is 2.16 bits per heavy atom. The van der Waals surface area contributed by atoms with Crippen LogP contribution in [0.15, 0.2) is 18.2 Å². The summed E-state index contributed by atoms with van der Waals surface area (Å²) in [6, 6.07) is 6.41. The number of nitrogens with zero attached hydrogens (tertiary/aromatic N) is 2. The molecule has 1 saturated carbocycles. The average Bonchev–Trinajstić information content (AvgIpc) is 2.39. The van der Waals surface area contributed by atoms with Gasteiger partial charge in [0.25, 0.3) is 0 Å². The number of hydrogen-bond donors (Lipinski definition) is 1. The number of nitriles is 1. The van der Waals surface area contributed by atoms with Crippen molar-refractivity contribution in [2.75, 3.05) is 7.05 Å². The van der Waals surface area contributed by atoms with Gasteiger partial charge in [0.05, 0.1) is 17.7 Å². The molecule has 2 atom stereocenters. The number of benzene rings is 1. The van der Waals surface area contributed by atoms with Crippen molar-refractivity contribution in [2.24, 2.45) is 0 Å². The van der Waals surface area contributed by atoms with Crippen molar-refractivity contribution in [1.29, 1.82) is 5.26 Å². The van der Waals surface area contributed by atoms with Gasteiger partial charge >= 0.3 is 0 Å². The Morgan fingerprint density at radius 1 is 1.42 bits per heavy atom. The number of aliphatic hydroxyl groups is 1. The van der Waals surface area contributed by atoms with E-state index in [2.05, 4.69) is 6.07 Å². The van der Waals surface area contributed by atoms with E-state index in [-0.39, 0.29) is 18.0 Å². The van der Waals surface area contributed by atoms with Gasteiger partial charge in [0.2, 0.25) is 0 Å². The van der Waals surface area contributed by atoms with E-state index in [1.807, 2.05) is 11.9 Å². The van der Waals surface area contributed by atoms with Gasteiger partial charge in [-0.25, -0.2) is 4.39 Å². The molecule has 1 aromatic carbocycles. The molecule has 1 aliphatic rings. The van der Waals surface area contributed by atoms with Gasteiger partial charge in [0.15, 0.2) is 0 Å². The molecule has 1 fully saturated rings. The van der Waals surface area contributed by atoms with Crippen molar-refractivity contribution in [1.82, 2.24) is 4.90 Å². The fourth-order valence-corrected chi connectivity index (χ4v) is 2.79. The Morgan fingerprint density at radius 3 is 2.84 bits per heavy atom. The summed E-state index contributed by atoms with van der Waals surface area (Å²) in [7, 11) is 1.92. The van der Waals surface area contributed by atoms with Crippen molar-refractivity contribution in [3.8, 4) is 6.07 Å². The summed E-state index contributed by atoms with van der Waals surface area (Å²) in [4.78, 5) is 2.03. The Kier molecular flexibility index (Phi) is 4.52. The Labute approximate surface area is 113 Å². The minimum Gasteiger partial charge on any atom is -0.391 e. The first-order valence-corrected chi connectivity index (χ1v) is 6.68. The maximum Gasteiger partial charge on any atom is 0.123 e. The minimum atomic E-state index is -0.327. The quantitative estimate of drug-likeness (QED) is 0.910. The van der Waals surface area contributed by atoms with Crippen LogP contribution in [0, 0.1) is 17.1 Å². The molecule has 19 heavy (non-hydrogen) atoms. The second-order valence-electron chi connectivity index (χ2n) is 5.25. The Bertz CT molecular complexity index is 484. The Hall–Kier alpha value is -1.44. The van der Waals surface area contributed by atoms with Gasteiger partial charge in [-0.1, -0.05) is 12.8 Å². The van der Waals surface area contributed by atoms with E-state index in [1.54, 1.807) is 0 Å². The van der Waals surface area contributed by atoms with Crippen LogP contribution < -0.4 is 0 Å². The van der Waals surface area contributed by atoms with Crippen LogP contribution in [-0.4, -0.2) is 29.2 Å². The molecule has 0 heterocycles. The molecular formula is C15H19FN2O. The van der Waals surface area contributed by atoms with E-state index in [4.69, 9.17) is 5.26 Å². The highest BCUT2D eigenvalue weighted by molar-refractivity contribution is 5.37. The molecular weight excluding hydrogens is 243 g/mol. The lowest BCUT2D eigenvalue weighted by Gasteiger charge is -2.35. The van der Waals surface area contributed by atoms with Gasteiger partial charge in [-0.05, 0) is 43.7 Å². The molecule has 1 aliphatic carbocycles. The molecule has 0 amide bonds. The summed E-state index contributed by atoms with van der Waals surface area (Å²) in [5.74, 6) is -0.327. The molecule has 1 N–H and O–H groups in total. The van der Waals surface area contributed by atoms with Crippen LogP contribution in [0.1, 0.15) is 36.8 Å². The van der Waals surface area contributed by atoms with E-state index in [0.29, 0.717) is 17.7 Å². The normalized spacial score (nSPS) is 23.3. The molecule has 0 saturated heterocycles. The predicted octanol–water partition coefficient (Wildman–Crippen LogP) is 2.43. The zero-order valence-corrected chi connectivity index (χ0v) is 11.1. The van der Waals surface area contributed by atoms with Crippen LogP contribution in [0.25, 0.3) is 0 Å². The molecule has 0 aromatic heterocycles. The zero-order valence-electron chi connectivity index (χ0n) is 11.1. The van der Waals surface area contributed by atoms with E-state index < -0.39 is 0 Å². The second kappa shape index (κ2) is 6.14. The molecule has 0 spiro atoms. The smallest absolute Gasteiger partial charge is 0.123 e. The molecule has 2 rings (SSSR count). The number of aliphatic hydroxyl groups excluding tert-OH is 1. The fraction of sp³-hybridized carbons (Fsp3) is 0.533. The first-order chi connectivity index (χ1) is 9.11. The van der Waals surface area contributed by atoms with Crippen LogP contribution in [0.3, 0.4) is 0 Å². The van der Waals surface area contributed by atoms with Gasteiger partial charge in [0.1, 0.15) is 5.82 Å². The second-order valence-corrected chi connectivity index (χ2v) is 5.25. The third-order valence-corrected chi connectivity index (χ3v) is 3.87. The molecule has 0 bridgehead atoms. The van der Waals surface area contributed by atoms with Crippen molar-refractivity contribution < 1.29 is 9.50 Å². The first kappa shape index (κ1) is 14.0. The topological polar surface area (TPSA) is 47.3 Å². The largest absolute Gasteiger partial charge is 0.391 e. The van der Waals surface area contributed by atoms with Gasteiger partial charge in [-0.15, -0.1) is 0 Å².